The highest BCUT2D eigenvalue weighted by Gasteiger charge is 2.44. The number of aromatic nitrogens is 2. The average molecular weight is 409 g/mol. The normalized spacial score (nSPS) is 17.6. The minimum absolute atomic E-state index is 0.260. The number of nitrogens with zero attached hydrogens (tertiary/aromatic N) is 1. The molecule has 7 nitrogen and oxygen atoms in total. The molecule has 1 amide bonds. The van der Waals surface area contributed by atoms with Crippen molar-refractivity contribution in [3.8, 4) is 11.5 Å². The summed E-state index contributed by atoms with van der Waals surface area (Å²) >= 11 is 0. The third kappa shape index (κ3) is 3.30. The molecule has 30 heavy (non-hydrogen) atoms. The monoisotopic (exact) mass is 409 g/mol. The zero-order valence-corrected chi connectivity index (χ0v) is 16.5. The summed E-state index contributed by atoms with van der Waals surface area (Å²) in [4.78, 5) is 31.4. The largest absolute Gasteiger partial charge is 0.493 e. The molecule has 3 heterocycles. The van der Waals surface area contributed by atoms with Crippen LogP contribution in [0, 0.1) is 12.7 Å². The summed E-state index contributed by atoms with van der Waals surface area (Å²) < 4.78 is 25.7. The van der Waals surface area contributed by atoms with E-state index in [4.69, 9.17) is 9.47 Å². The van der Waals surface area contributed by atoms with Gasteiger partial charge < -0.3 is 19.8 Å². The second-order valence-corrected chi connectivity index (χ2v) is 7.05. The van der Waals surface area contributed by atoms with Crippen LogP contribution in [0.3, 0.4) is 0 Å². The zero-order chi connectivity index (χ0) is 21.3. The number of amides is 1. The summed E-state index contributed by atoms with van der Waals surface area (Å²) in [6.45, 7) is 1.93. The third-order valence-corrected chi connectivity index (χ3v) is 5.25. The van der Waals surface area contributed by atoms with Crippen molar-refractivity contribution in [3.05, 3.63) is 87.3 Å². The van der Waals surface area contributed by atoms with Gasteiger partial charge in [0.05, 0.1) is 19.3 Å². The van der Waals surface area contributed by atoms with Gasteiger partial charge in [-0.25, -0.2) is 4.39 Å². The highest BCUT2D eigenvalue weighted by Crippen LogP contribution is 2.45. The molecule has 2 N–H and O–H groups in total. The molecule has 4 rings (SSSR count). The molecular weight excluding hydrogens is 389 g/mol. The van der Waals surface area contributed by atoms with E-state index in [1.165, 1.54) is 31.5 Å². The van der Waals surface area contributed by atoms with Gasteiger partial charge in [0.2, 0.25) is 5.56 Å². The standard InChI is InChI=1S/C22H20FN3O4/c1-13-3-5-15(11-16(13)23)22(26-21(28)14-4-6-18(27)25-12-14)8-10-30-19-17(29-2)7-9-24-20(19)22/h3-7,9,11-12H,8,10H2,1-2H3,(H,25,27)(H,26,28)/t22-/m0/s1. The van der Waals surface area contributed by atoms with Gasteiger partial charge in [-0.1, -0.05) is 12.1 Å². The van der Waals surface area contributed by atoms with E-state index >= 15 is 0 Å². The van der Waals surface area contributed by atoms with E-state index in [2.05, 4.69) is 15.3 Å². The molecule has 0 bridgehead atoms. The fourth-order valence-electron chi connectivity index (χ4n) is 3.61. The summed E-state index contributed by atoms with van der Waals surface area (Å²) in [5.74, 6) is 0.0368. The lowest BCUT2D eigenvalue weighted by Gasteiger charge is -2.39. The summed E-state index contributed by atoms with van der Waals surface area (Å²) in [7, 11) is 1.51. The van der Waals surface area contributed by atoms with Gasteiger partial charge in [0.25, 0.3) is 5.91 Å². The number of hydrogen-bond acceptors (Lipinski definition) is 5. The van der Waals surface area contributed by atoms with Gasteiger partial charge in [0, 0.05) is 30.9 Å². The van der Waals surface area contributed by atoms with Crippen molar-refractivity contribution >= 4 is 5.91 Å². The van der Waals surface area contributed by atoms with Crippen LogP contribution >= 0.6 is 0 Å². The third-order valence-electron chi connectivity index (χ3n) is 5.25. The van der Waals surface area contributed by atoms with Gasteiger partial charge in [-0.05, 0) is 30.2 Å². The van der Waals surface area contributed by atoms with Gasteiger partial charge in [-0.3, -0.25) is 14.6 Å². The number of aromatic amines is 1. The van der Waals surface area contributed by atoms with Crippen LogP contribution in [0.15, 0.2) is 53.6 Å². The predicted octanol–water partition coefficient (Wildman–Crippen LogP) is 2.68. The maximum absolute atomic E-state index is 14.5. The number of ether oxygens (including phenoxy) is 2. The zero-order valence-electron chi connectivity index (χ0n) is 16.5. The number of nitrogens with one attached hydrogen (secondary N) is 2. The Morgan fingerprint density at radius 2 is 2.13 bits per heavy atom. The molecule has 0 fully saturated rings. The van der Waals surface area contributed by atoms with Crippen molar-refractivity contribution in [3.63, 3.8) is 0 Å². The number of carbonyl (C=O) groups excluding carboxylic acids is 1. The van der Waals surface area contributed by atoms with Crippen molar-refractivity contribution in [1.29, 1.82) is 0 Å². The fourth-order valence-corrected chi connectivity index (χ4v) is 3.61. The summed E-state index contributed by atoms with van der Waals surface area (Å²) in [5, 5.41) is 3.01. The lowest BCUT2D eigenvalue weighted by Crippen LogP contribution is -2.50. The van der Waals surface area contributed by atoms with Gasteiger partial charge >= 0.3 is 0 Å². The van der Waals surface area contributed by atoms with Crippen LogP contribution in [-0.4, -0.2) is 29.6 Å². The van der Waals surface area contributed by atoms with Crippen LogP contribution in [0.2, 0.25) is 0 Å². The van der Waals surface area contributed by atoms with E-state index < -0.39 is 11.4 Å². The lowest BCUT2D eigenvalue weighted by molar-refractivity contribution is 0.0881. The number of aryl methyl sites for hydroxylation is 1. The Morgan fingerprint density at radius 3 is 2.83 bits per heavy atom. The number of halogens is 1. The summed E-state index contributed by atoms with van der Waals surface area (Å²) in [6, 6.07) is 9.19. The second-order valence-electron chi connectivity index (χ2n) is 7.05. The molecular formula is C22H20FN3O4. The summed E-state index contributed by atoms with van der Waals surface area (Å²) in [6.07, 6.45) is 3.22. The van der Waals surface area contributed by atoms with E-state index in [0.29, 0.717) is 34.7 Å². The molecule has 0 spiro atoms. The Labute approximate surface area is 171 Å². The van der Waals surface area contributed by atoms with Crippen LogP contribution in [0.25, 0.3) is 0 Å². The molecule has 1 aromatic carbocycles. The molecule has 8 heteroatoms. The SMILES string of the molecule is COc1ccnc2c1OCC[C@]2(NC(=O)c1ccc(=O)[nH]c1)c1ccc(C)c(F)c1. The second kappa shape index (κ2) is 7.62. The van der Waals surface area contributed by atoms with Gasteiger partial charge in [-0.15, -0.1) is 0 Å². The first-order valence-corrected chi connectivity index (χ1v) is 9.39. The van der Waals surface area contributed by atoms with E-state index in [9.17, 15) is 14.0 Å². The first kappa shape index (κ1) is 19.6. The molecule has 0 saturated carbocycles. The number of hydrogen-bond donors (Lipinski definition) is 2. The molecule has 3 aromatic rings. The molecule has 2 aromatic heterocycles. The molecule has 1 atom stereocenters. The van der Waals surface area contributed by atoms with E-state index in [1.807, 2.05) is 0 Å². The Bertz CT molecular complexity index is 1160. The quantitative estimate of drug-likeness (QED) is 0.691. The lowest BCUT2D eigenvalue weighted by atomic mass is 9.80. The first-order chi connectivity index (χ1) is 14.4. The van der Waals surface area contributed by atoms with Crippen LogP contribution in [0.5, 0.6) is 11.5 Å². The molecule has 1 aliphatic heterocycles. The molecule has 0 saturated heterocycles. The highest BCUT2D eigenvalue weighted by atomic mass is 19.1. The topological polar surface area (TPSA) is 93.3 Å². The molecule has 1 aliphatic rings. The number of methoxy groups -OCH3 is 1. The van der Waals surface area contributed by atoms with E-state index in [-0.39, 0.29) is 23.5 Å². The van der Waals surface area contributed by atoms with Crippen molar-refractivity contribution in [2.75, 3.05) is 13.7 Å². The number of fused-ring (bicyclic) bond motifs is 1. The Kier molecular flexibility index (Phi) is 4.99. The number of rotatable bonds is 4. The minimum Gasteiger partial charge on any atom is -0.493 e. The van der Waals surface area contributed by atoms with E-state index in [0.717, 1.165) is 0 Å². The first-order valence-electron chi connectivity index (χ1n) is 9.39. The van der Waals surface area contributed by atoms with Crippen molar-refractivity contribution in [2.45, 2.75) is 18.9 Å². The number of benzene rings is 1. The maximum atomic E-state index is 14.5. The fraction of sp³-hybridized carbons (Fsp3) is 0.227. The Morgan fingerprint density at radius 1 is 1.30 bits per heavy atom. The van der Waals surface area contributed by atoms with Gasteiger partial charge in [-0.2, -0.15) is 0 Å². The molecule has 0 unspecified atom stereocenters. The maximum Gasteiger partial charge on any atom is 0.253 e. The van der Waals surface area contributed by atoms with Gasteiger partial charge in [0.15, 0.2) is 11.5 Å². The summed E-state index contributed by atoms with van der Waals surface area (Å²) in [5.41, 5.74) is 0.251. The predicted molar refractivity (Wildman–Crippen MR) is 107 cm³/mol. The van der Waals surface area contributed by atoms with Crippen LogP contribution in [0.1, 0.15) is 33.6 Å². The molecule has 0 aliphatic carbocycles. The van der Waals surface area contributed by atoms with Gasteiger partial charge in [0.1, 0.15) is 17.1 Å². The molecule has 0 radical (unpaired) electrons. The van der Waals surface area contributed by atoms with E-state index in [1.54, 1.807) is 31.3 Å². The van der Waals surface area contributed by atoms with Crippen LogP contribution < -0.4 is 20.3 Å². The minimum atomic E-state index is -1.15. The number of carbonyl (C=O) groups is 1. The highest BCUT2D eigenvalue weighted by molar-refractivity contribution is 5.94. The Hall–Kier alpha value is -3.68. The van der Waals surface area contributed by atoms with Crippen molar-refractivity contribution < 1.29 is 18.7 Å². The smallest absolute Gasteiger partial charge is 0.253 e. The number of H-pyrrole nitrogens is 1. The van der Waals surface area contributed by atoms with Crippen molar-refractivity contribution in [1.82, 2.24) is 15.3 Å². The number of pyridine rings is 2. The van der Waals surface area contributed by atoms with Crippen LogP contribution in [0.4, 0.5) is 4.39 Å². The molecule has 154 valence electrons. The average Bonchev–Trinajstić information content (AvgIpc) is 2.75. The Balaban J connectivity index is 1.89. The van der Waals surface area contributed by atoms with Crippen molar-refractivity contribution in [2.24, 2.45) is 0 Å². The van der Waals surface area contributed by atoms with Crippen LogP contribution in [-0.2, 0) is 5.54 Å².